The lowest BCUT2D eigenvalue weighted by atomic mass is 10.0. The number of carbonyl (C=O) groups excluding carboxylic acids is 2. The third kappa shape index (κ3) is 6.26. The Morgan fingerprint density at radius 2 is 1.84 bits per heavy atom. The number of amides is 2. The summed E-state index contributed by atoms with van der Waals surface area (Å²) in [5.74, 6) is -0.00213. The van der Waals surface area contributed by atoms with Gasteiger partial charge in [0.2, 0.25) is 5.91 Å². The highest BCUT2D eigenvalue weighted by Gasteiger charge is 2.25. The molecule has 6 nitrogen and oxygen atoms in total. The van der Waals surface area contributed by atoms with Gasteiger partial charge in [0.05, 0.1) is 0 Å². The van der Waals surface area contributed by atoms with Crippen molar-refractivity contribution < 1.29 is 9.59 Å². The van der Waals surface area contributed by atoms with E-state index < -0.39 is 0 Å². The molecule has 0 atom stereocenters. The Morgan fingerprint density at radius 1 is 1.09 bits per heavy atom. The molecule has 1 aromatic heterocycles. The van der Waals surface area contributed by atoms with Crippen molar-refractivity contribution in [2.24, 2.45) is 0 Å². The zero-order chi connectivity index (χ0) is 22.3. The van der Waals surface area contributed by atoms with E-state index >= 15 is 0 Å². The summed E-state index contributed by atoms with van der Waals surface area (Å²) in [5, 5.41) is 2.99. The average molecular weight is 433 g/mol. The highest BCUT2D eigenvalue weighted by Crippen LogP contribution is 2.20. The van der Waals surface area contributed by atoms with Crippen LogP contribution >= 0.6 is 0 Å². The van der Waals surface area contributed by atoms with Crippen LogP contribution in [0.3, 0.4) is 0 Å². The number of piperidine rings is 1. The van der Waals surface area contributed by atoms with Crippen molar-refractivity contribution in [1.29, 1.82) is 0 Å². The first-order chi connectivity index (χ1) is 15.6. The fraction of sp³-hybridized carbons (Fsp3) is 0.423. The van der Waals surface area contributed by atoms with Crippen molar-refractivity contribution in [3.63, 3.8) is 0 Å². The molecule has 1 aliphatic carbocycles. The summed E-state index contributed by atoms with van der Waals surface area (Å²) in [7, 11) is 1.90. The predicted octanol–water partition coefficient (Wildman–Crippen LogP) is 3.15. The quantitative estimate of drug-likeness (QED) is 0.651. The van der Waals surface area contributed by atoms with Gasteiger partial charge in [-0.2, -0.15) is 0 Å². The van der Waals surface area contributed by atoms with Gasteiger partial charge >= 0.3 is 0 Å². The molecular weight excluding hydrogens is 400 g/mol. The first-order valence-corrected chi connectivity index (χ1v) is 11.6. The first-order valence-electron chi connectivity index (χ1n) is 11.6. The second kappa shape index (κ2) is 10.6. The number of rotatable bonds is 8. The van der Waals surface area contributed by atoms with Gasteiger partial charge in [-0.25, -0.2) is 0 Å². The van der Waals surface area contributed by atoms with Crippen LogP contribution in [0.15, 0.2) is 54.7 Å². The van der Waals surface area contributed by atoms with Crippen molar-refractivity contribution in [2.45, 2.75) is 44.2 Å². The smallest absolute Gasteiger partial charge is 0.251 e. The van der Waals surface area contributed by atoms with E-state index in [0.29, 0.717) is 11.6 Å². The van der Waals surface area contributed by atoms with E-state index in [0.717, 1.165) is 63.0 Å². The predicted molar refractivity (Wildman–Crippen MR) is 126 cm³/mol. The fourth-order valence-electron chi connectivity index (χ4n) is 4.06. The van der Waals surface area contributed by atoms with E-state index in [1.165, 1.54) is 0 Å². The SMILES string of the molecule is CN(C(=O)/C=C/c1ccc(C(=O)NC2CC2)cc1)C1CCN(CCc2ccccn2)CC1. The van der Waals surface area contributed by atoms with Crippen LogP contribution in [0.4, 0.5) is 0 Å². The minimum Gasteiger partial charge on any atom is -0.349 e. The van der Waals surface area contributed by atoms with Crippen molar-refractivity contribution in [2.75, 3.05) is 26.7 Å². The molecule has 1 aromatic carbocycles. The molecule has 4 rings (SSSR count). The maximum absolute atomic E-state index is 12.7. The molecule has 0 unspecified atom stereocenters. The number of nitrogens with one attached hydrogen (secondary N) is 1. The topological polar surface area (TPSA) is 65.5 Å². The standard InChI is InChI=1S/C26H32N4O2/c1-29(24-14-18-30(19-15-24)17-13-22-4-2-3-16-27-22)25(31)12-7-20-5-8-21(9-6-20)26(32)28-23-10-11-23/h2-9,12,16,23-24H,10-11,13-15,17-19H2,1H3,(H,28,32)/b12-7+. The van der Waals surface area contributed by atoms with Crippen LogP contribution in [0.5, 0.6) is 0 Å². The fourth-order valence-corrected chi connectivity index (χ4v) is 4.06. The third-order valence-corrected chi connectivity index (χ3v) is 6.37. The lowest BCUT2D eigenvalue weighted by Crippen LogP contribution is -2.45. The lowest BCUT2D eigenvalue weighted by Gasteiger charge is -2.36. The second-order valence-corrected chi connectivity index (χ2v) is 8.80. The van der Waals surface area contributed by atoms with E-state index in [1.54, 1.807) is 6.08 Å². The maximum Gasteiger partial charge on any atom is 0.251 e. The Bertz CT molecular complexity index is 930. The molecule has 1 N–H and O–H groups in total. The van der Waals surface area contributed by atoms with Gasteiger partial charge in [0.15, 0.2) is 0 Å². The van der Waals surface area contributed by atoms with Crippen LogP contribution < -0.4 is 5.32 Å². The van der Waals surface area contributed by atoms with E-state index in [9.17, 15) is 9.59 Å². The first kappa shape index (κ1) is 22.2. The van der Waals surface area contributed by atoms with Gasteiger partial charge in [-0.3, -0.25) is 14.6 Å². The molecule has 2 aliphatic rings. The third-order valence-electron chi connectivity index (χ3n) is 6.37. The Morgan fingerprint density at radius 3 is 2.50 bits per heavy atom. The normalized spacial score (nSPS) is 17.4. The molecule has 0 bridgehead atoms. The zero-order valence-corrected chi connectivity index (χ0v) is 18.7. The van der Waals surface area contributed by atoms with Gasteiger partial charge in [0, 0.05) is 68.7 Å². The summed E-state index contributed by atoms with van der Waals surface area (Å²) in [5.41, 5.74) is 2.70. The van der Waals surface area contributed by atoms with Gasteiger partial charge in [-0.05, 0) is 61.6 Å². The number of hydrogen-bond donors (Lipinski definition) is 1. The molecule has 2 fully saturated rings. The summed E-state index contributed by atoms with van der Waals surface area (Å²) < 4.78 is 0. The largest absolute Gasteiger partial charge is 0.349 e. The Balaban J connectivity index is 1.21. The molecule has 2 amide bonds. The molecule has 168 valence electrons. The zero-order valence-electron chi connectivity index (χ0n) is 18.7. The van der Waals surface area contributed by atoms with Crippen LogP contribution in [-0.2, 0) is 11.2 Å². The van der Waals surface area contributed by atoms with Crippen molar-refractivity contribution >= 4 is 17.9 Å². The van der Waals surface area contributed by atoms with Crippen molar-refractivity contribution in [3.05, 3.63) is 71.6 Å². The highest BCUT2D eigenvalue weighted by atomic mass is 16.2. The lowest BCUT2D eigenvalue weighted by molar-refractivity contribution is -0.127. The Kier molecular flexibility index (Phi) is 7.32. The van der Waals surface area contributed by atoms with E-state index in [1.807, 2.05) is 60.6 Å². The monoisotopic (exact) mass is 432 g/mol. The van der Waals surface area contributed by atoms with Crippen LogP contribution in [0.2, 0.25) is 0 Å². The van der Waals surface area contributed by atoms with Crippen LogP contribution in [0, 0.1) is 0 Å². The molecule has 2 heterocycles. The van der Waals surface area contributed by atoms with E-state index in [-0.39, 0.29) is 17.9 Å². The summed E-state index contributed by atoms with van der Waals surface area (Å²) >= 11 is 0. The summed E-state index contributed by atoms with van der Waals surface area (Å²) in [6.45, 7) is 3.02. The van der Waals surface area contributed by atoms with E-state index in [2.05, 4.69) is 21.3 Å². The Labute approximate surface area is 190 Å². The number of aromatic nitrogens is 1. The molecular formula is C26H32N4O2. The molecule has 32 heavy (non-hydrogen) atoms. The van der Waals surface area contributed by atoms with Gasteiger partial charge < -0.3 is 15.1 Å². The van der Waals surface area contributed by atoms with Gasteiger partial charge in [-0.1, -0.05) is 18.2 Å². The summed E-state index contributed by atoms with van der Waals surface area (Å²) in [4.78, 5) is 33.5. The number of carbonyl (C=O) groups is 2. The number of nitrogens with zero attached hydrogens (tertiary/aromatic N) is 3. The summed E-state index contributed by atoms with van der Waals surface area (Å²) in [6.07, 6.45) is 10.4. The van der Waals surface area contributed by atoms with E-state index in [4.69, 9.17) is 0 Å². The molecule has 0 radical (unpaired) electrons. The summed E-state index contributed by atoms with van der Waals surface area (Å²) in [6, 6.07) is 14.1. The van der Waals surface area contributed by atoms with Crippen LogP contribution in [0.1, 0.15) is 47.3 Å². The minimum absolute atomic E-state index is 0.0208. The molecule has 1 saturated carbocycles. The Hall–Kier alpha value is -2.99. The molecule has 0 spiro atoms. The molecule has 2 aromatic rings. The number of likely N-dealkylation sites (N-methyl/N-ethyl adjacent to an activating group) is 1. The van der Waals surface area contributed by atoms with Gasteiger partial charge in [0.1, 0.15) is 0 Å². The van der Waals surface area contributed by atoms with Crippen LogP contribution in [-0.4, -0.2) is 65.4 Å². The molecule has 1 saturated heterocycles. The van der Waals surface area contributed by atoms with Gasteiger partial charge in [-0.15, -0.1) is 0 Å². The number of likely N-dealkylation sites (tertiary alicyclic amines) is 1. The average Bonchev–Trinajstić information content (AvgIpc) is 3.66. The highest BCUT2D eigenvalue weighted by molar-refractivity contribution is 5.95. The van der Waals surface area contributed by atoms with Gasteiger partial charge in [0.25, 0.3) is 5.91 Å². The number of benzene rings is 1. The minimum atomic E-state index is -0.0230. The van der Waals surface area contributed by atoms with Crippen molar-refractivity contribution in [1.82, 2.24) is 20.1 Å². The molecule has 1 aliphatic heterocycles. The number of pyridine rings is 1. The maximum atomic E-state index is 12.7. The molecule has 6 heteroatoms. The second-order valence-electron chi connectivity index (χ2n) is 8.80. The van der Waals surface area contributed by atoms with Crippen molar-refractivity contribution in [3.8, 4) is 0 Å². The van der Waals surface area contributed by atoms with Crippen LogP contribution in [0.25, 0.3) is 6.08 Å². The number of hydrogen-bond acceptors (Lipinski definition) is 4.